The normalized spacial score (nSPS) is 14.7. The summed E-state index contributed by atoms with van der Waals surface area (Å²) in [5, 5.41) is 4.16. The highest BCUT2D eigenvalue weighted by molar-refractivity contribution is 6.00. The SMILES string of the molecule is C/C(=N\OCc1ccccc1)c1cccc(N2CCOC2=O)c1. The number of cyclic esters (lactones) is 1. The highest BCUT2D eigenvalue weighted by atomic mass is 16.6. The molecule has 0 spiro atoms. The topological polar surface area (TPSA) is 51.1 Å². The maximum atomic E-state index is 11.6. The minimum absolute atomic E-state index is 0.308. The van der Waals surface area contributed by atoms with Gasteiger partial charge in [-0.3, -0.25) is 4.90 Å². The third kappa shape index (κ3) is 3.69. The molecule has 1 aliphatic heterocycles. The Morgan fingerprint density at radius 3 is 2.78 bits per heavy atom. The van der Waals surface area contributed by atoms with Gasteiger partial charge in [0, 0.05) is 11.3 Å². The molecule has 23 heavy (non-hydrogen) atoms. The van der Waals surface area contributed by atoms with E-state index in [2.05, 4.69) is 5.16 Å². The van der Waals surface area contributed by atoms with Crippen molar-refractivity contribution in [3.05, 3.63) is 65.7 Å². The van der Waals surface area contributed by atoms with Crippen molar-refractivity contribution in [3.8, 4) is 0 Å². The third-order valence-electron chi connectivity index (χ3n) is 3.61. The number of anilines is 1. The molecule has 2 aromatic carbocycles. The van der Waals surface area contributed by atoms with Gasteiger partial charge < -0.3 is 9.57 Å². The molecule has 0 N–H and O–H groups in total. The summed E-state index contributed by atoms with van der Waals surface area (Å²) in [5.74, 6) is 0. The molecule has 0 aromatic heterocycles. The number of hydrogen-bond acceptors (Lipinski definition) is 4. The van der Waals surface area contributed by atoms with Gasteiger partial charge in [-0.15, -0.1) is 0 Å². The fraction of sp³-hybridized carbons (Fsp3) is 0.222. The lowest BCUT2D eigenvalue weighted by Crippen LogP contribution is -2.23. The number of benzene rings is 2. The summed E-state index contributed by atoms with van der Waals surface area (Å²) in [6.45, 7) is 3.31. The number of hydrogen-bond donors (Lipinski definition) is 0. The van der Waals surface area contributed by atoms with Crippen molar-refractivity contribution in [3.63, 3.8) is 0 Å². The van der Waals surface area contributed by atoms with E-state index >= 15 is 0 Å². The van der Waals surface area contributed by atoms with Gasteiger partial charge in [0.2, 0.25) is 0 Å². The van der Waals surface area contributed by atoms with Crippen LogP contribution >= 0.6 is 0 Å². The van der Waals surface area contributed by atoms with Crippen molar-refractivity contribution in [2.45, 2.75) is 13.5 Å². The predicted octanol–water partition coefficient (Wildman–Crippen LogP) is 3.58. The highest BCUT2D eigenvalue weighted by Crippen LogP contribution is 2.20. The number of nitrogens with zero attached hydrogens (tertiary/aromatic N) is 2. The van der Waals surface area contributed by atoms with Crippen LogP contribution in [0.2, 0.25) is 0 Å². The molecule has 3 rings (SSSR count). The molecule has 0 radical (unpaired) electrons. The van der Waals surface area contributed by atoms with Crippen LogP contribution in [0, 0.1) is 0 Å². The van der Waals surface area contributed by atoms with Crippen molar-refractivity contribution >= 4 is 17.5 Å². The second-order valence-electron chi connectivity index (χ2n) is 5.25. The second-order valence-corrected chi connectivity index (χ2v) is 5.25. The molecule has 1 fully saturated rings. The summed E-state index contributed by atoms with van der Waals surface area (Å²) in [7, 11) is 0. The Balaban J connectivity index is 1.68. The Kier molecular flexibility index (Phi) is 4.57. The third-order valence-corrected chi connectivity index (χ3v) is 3.61. The predicted molar refractivity (Wildman–Crippen MR) is 88.6 cm³/mol. The van der Waals surface area contributed by atoms with Gasteiger partial charge in [0.25, 0.3) is 0 Å². The van der Waals surface area contributed by atoms with Crippen molar-refractivity contribution in [2.75, 3.05) is 18.1 Å². The van der Waals surface area contributed by atoms with Crippen LogP contribution in [0.4, 0.5) is 10.5 Å². The number of ether oxygens (including phenoxy) is 1. The van der Waals surface area contributed by atoms with Gasteiger partial charge in [-0.05, 0) is 24.6 Å². The zero-order chi connectivity index (χ0) is 16.1. The van der Waals surface area contributed by atoms with Crippen molar-refractivity contribution < 1.29 is 14.4 Å². The molecule has 0 unspecified atom stereocenters. The molecule has 5 nitrogen and oxygen atoms in total. The first-order valence-electron chi connectivity index (χ1n) is 7.49. The van der Waals surface area contributed by atoms with Crippen LogP contribution in [0.1, 0.15) is 18.1 Å². The lowest BCUT2D eigenvalue weighted by atomic mass is 10.1. The molecule has 0 saturated carbocycles. The lowest BCUT2D eigenvalue weighted by molar-refractivity contribution is 0.130. The number of carbonyl (C=O) groups is 1. The summed E-state index contributed by atoms with van der Waals surface area (Å²) in [6.07, 6.45) is -0.308. The summed E-state index contributed by atoms with van der Waals surface area (Å²) < 4.78 is 4.97. The lowest BCUT2D eigenvalue weighted by Gasteiger charge is -2.13. The zero-order valence-corrected chi connectivity index (χ0v) is 12.9. The molecule has 5 heteroatoms. The van der Waals surface area contributed by atoms with Gasteiger partial charge in [-0.1, -0.05) is 47.6 Å². The number of oxime groups is 1. The first-order valence-corrected chi connectivity index (χ1v) is 7.49. The van der Waals surface area contributed by atoms with Crippen molar-refractivity contribution in [1.29, 1.82) is 0 Å². The molecule has 2 aromatic rings. The fourth-order valence-corrected chi connectivity index (χ4v) is 2.36. The minimum Gasteiger partial charge on any atom is -0.447 e. The summed E-state index contributed by atoms with van der Waals surface area (Å²) in [5.41, 5.74) is 3.55. The standard InChI is InChI=1S/C18H18N2O3/c1-14(19-23-13-15-6-3-2-4-7-15)16-8-5-9-17(12-16)20-10-11-22-18(20)21/h2-9,12H,10-11,13H2,1H3/b19-14+. The Morgan fingerprint density at radius 2 is 2.04 bits per heavy atom. The van der Waals surface area contributed by atoms with Gasteiger partial charge in [0.1, 0.15) is 13.2 Å². The maximum Gasteiger partial charge on any atom is 0.414 e. The van der Waals surface area contributed by atoms with Crippen LogP contribution < -0.4 is 4.90 Å². The molecule has 1 aliphatic rings. The fourth-order valence-electron chi connectivity index (χ4n) is 2.36. The van der Waals surface area contributed by atoms with Crippen LogP contribution in [-0.2, 0) is 16.2 Å². The van der Waals surface area contributed by atoms with Crippen LogP contribution in [0.5, 0.6) is 0 Å². The van der Waals surface area contributed by atoms with Gasteiger partial charge in [-0.2, -0.15) is 0 Å². The molecular weight excluding hydrogens is 292 g/mol. The quantitative estimate of drug-likeness (QED) is 0.626. The van der Waals surface area contributed by atoms with Crippen LogP contribution in [0.3, 0.4) is 0 Å². The molecule has 0 aliphatic carbocycles. The van der Waals surface area contributed by atoms with E-state index in [1.165, 1.54) is 0 Å². The summed E-state index contributed by atoms with van der Waals surface area (Å²) in [4.78, 5) is 18.7. The zero-order valence-electron chi connectivity index (χ0n) is 12.9. The van der Waals surface area contributed by atoms with Crippen LogP contribution in [0.15, 0.2) is 59.8 Å². The monoisotopic (exact) mass is 310 g/mol. The van der Waals surface area contributed by atoms with E-state index in [0.29, 0.717) is 19.8 Å². The van der Waals surface area contributed by atoms with E-state index in [1.807, 2.05) is 61.5 Å². The van der Waals surface area contributed by atoms with Crippen molar-refractivity contribution in [2.24, 2.45) is 5.16 Å². The van der Waals surface area contributed by atoms with E-state index in [-0.39, 0.29) is 6.09 Å². The van der Waals surface area contributed by atoms with Gasteiger partial charge in [0.05, 0.1) is 12.3 Å². The van der Waals surface area contributed by atoms with E-state index in [9.17, 15) is 4.79 Å². The molecule has 1 saturated heterocycles. The average Bonchev–Trinajstić information content (AvgIpc) is 3.02. The molecular formula is C18H18N2O3. The minimum atomic E-state index is -0.308. The summed E-state index contributed by atoms with van der Waals surface area (Å²) >= 11 is 0. The number of carbonyl (C=O) groups excluding carboxylic acids is 1. The molecule has 1 heterocycles. The number of amides is 1. The van der Waals surface area contributed by atoms with Gasteiger partial charge in [-0.25, -0.2) is 4.79 Å². The molecule has 1 amide bonds. The largest absolute Gasteiger partial charge is 0.447 e. The number of rotatable bonds is 5. The Morgan fingerprint density at radius 1 is 1.22 bits per heavy atom. The first kappa shape index (κ1) is 15.1. The summed E-state index contributed by atoms with van der Waals surface area (Å²) in [6, 6.07) is 17.5. The van der Waals surface area contributed by atoms with E-state index in [1.54, 1.807) is 4.90 Å². The van der Waals surface area contributed by atoms with E-state index in [0.717, 1.165) is 22.5 Å². The van der Waals surface area contributed by atoms with E-state index in [4.69, 9.17) is 9.57 Å². The van der Waals surface area contributed by atoms with Crippen LogP contribution in [-0.4, -0.2) is 25.0 Å². The van der Waals surface area contributed by atoms with E-state index < -0.39 is 0 Å². The first-order chi connectivity index (χ1) is 11.2. The molecule has 118 valence electrons. The average molecular weight is 310 g/mol. The van der Waals surface area contributed by atoms with Gasteiger partial charge in [0.15, 0.2) is 0 Å². The second kappa shape index (κ2) is 6.96. The Hall–Kier alpha value is -2.82. The maximum absolute atomic E-state index is 11.6. The van der Waals surface area contributed by atoms with Crippen molar-refractivity contribution in [1.82, 2.24) is 0 Å². The molecule has 0 atom stereocenters. The molecule has 0 bridgehead atoms. The highest BCUT2D eigenvalue weighted by Gasteiger charge is 2.23. The Labute approximate surface area is 135 Å². The smallest absolute Gasteiger partial charge is 0.414 e. The Bertz CT molecular complexity index is 713. The van der Waals surface area contributed by atoms with Gasteiger partial charge >= 0.3 is 6.09 Å². The van der Waals surface area contributed by atoms with Crippen LogP contribution in [0.25, 0.3) is 0 Å².